The summed E-state index contributed by atoms with van der Waals surface area (Å²) in [5.41, 5.74) is 1.32. The van der Waals surface area contributed by atoms with Gasteiger partial charge in [0.1, 0.15) is 0 Å². The van der Waals surface area contributed by atoms with Gasteiger partial charge in [0, 0.05) is 13.2 Å². The van der Waals surface area contributed by atoms with Crippen molar-refractivity contribution in [2.24, 2.45) is 0 Å². The van der Waals surface area contributed by atoms with Crippen LogP contribution in [0.2, 0.25) is 0 Å². The van der Waals surface area contributed by atoms with Crippen LogP contribution in [-0.2, 0) is 4.74 Å². The first-order valence-corrected chi connectivity index (χ1v) is 5.36. The number of aliphatic hydroxyl groups excluding tert-OH is 1. The highest BCUT2D eigenvalue weighted by Crippen LogP contribution is 2.10. The highest BCUT2D eigenvalue weighted by atomic mass is 16.5. The summed E-state index contributed by atoms with van der Waals surface area (Å²) in [6.07, 6.45) is 4.99. The van der Waals surface area contributed by atoms with E-state index in [4.69, 9.17) is 9.84 Å². The number of ether oxygens (including phenoxy) is 1. The SMILES string of the molecule is C/C(=C\CCO)CCCOC(C)(C)C. The topological polar surface area (TPSA) is 29.5 Å². The summed E-state index contributed by atoms with van der Waals surface area (Å²) < 4.78 is 5.61. The highest BCUT2D eigenvalue weighted by molar-refractivity contribution is 4.97. The van der Waals surface area contributed by atoms with Crippen molar-refractivity contribution in [1.82, 2.24) is 0 Å². The monoisotopic (exact) mass is 200 g/mol. The second-order valence-corrected chi connectivity index (χ2v) is 4.63. The standard InChI is InChI=1S/C12H24O2/c1-11(7-5-9-13)8-6-10-14-12(2,3)4/h7,13H,5-6,8-10H2,1-4H3/b11-7+. The summed E-state index contributed by atoms with van der Waals surface area (Å²) in [6.45, 7) is 9.38. The van der Waals surface area contributed by atoms with E-state index in [1.165, 1.54) is 5.57 Å². The van der Waals surface area contributed by atoms with E-state index in [1.807, 2.05) is 0 Å². The lowest BCUT2D eigenvalue weighted by Gasteiger charge is -2.19. The zero-order valence-electron chi connectivity index (χ0n) is 9.97. The van der Waals surface area contributed by atoms with E-state index in [2.05, 4.69) is 33.8 Å². The van der Waals surface area contributed by atoms with Gasteiger partial charge in [-0.1, -0.05) is 11.6 Å². The smallest absolute Gasteiger partial charge is 0.0598 e. The van der Waals surface area contributed by atoms with Crippen molar-refractivity contribution < 1.29 is 9.84 Å². The lowest BCUT2D eigenvalue weighted by Crippen LogP contribution is -2.19. The van der Waals surface area contributed by atoms with Crippen LogP contribution in [0.5, 0.6) is 0 Å². The third-order valence-corrected chi connectivity index (χ3v) is 1.87. The van der Waals surface area contributed by atoms with E-state index in [-0.39, 0.29) is 12.2 Å². The quantitative estimate of drug-likeness (QED) is 0.527. The molecule has 0 aliphatic carbocycles. The van der Waals surface area contributed by atoms with E-state index in [9.17, 15) is 0 Å². The molecule has 0 atom stereocenters. The highest BCUT2D eigenvalue weighted by Gasteiger charge is 2.08. The fourth-order valence-corrected chi connectivity index (χ4v) is 1.14. The largest absolute Gasteiger partial charge is 0.396 e. The molecule has 0 aromatic rings. The predicted molar refractivity (Wildman–Crippen MR) is 60.4 cm³/mol. The predicted octanol–water partition coefficient (Wildman–Crippen LogP) is 2.91. The number of hydrogen-bond donors (Lipinski definition) is 1. The molecule has 14 heavy (non-hydrogen) atoms. The molecule has 0 unspecified atom stereocenters. The van der Waals surface area contributed by atoms with E-state index in [1.54, 1.807) is 0 Å². The molecule has 0 rings (SSSR count). The maximum atomic E-state index is 8.62. The third kappa shape index (κ3) is 9.75. The molecule has 1 N–H and O–H groups in total. The Balaban J connectivity index is 3.45. The molecule has 0 bridgehead atoms. The van der Waals surface area contributed by atoms with Crippen molar-refractivity contribution in [1.29, 1.82) is 0 Å². The molecular formula is C12H24O2. The minimum absolute atomic E-state index is 0.0251. The molecule has 84 valence electrons. The zero-order valence-corrected chi connectivity index (χ0v) is 9.97. The van der Waals surface area contributed by atoms with Gasteiger partial charge in [-0.15, -0.1) is 0 Å². The molecule has 0 saturated heterocycles. The fourth-order valence-electron chi connectivity index (χ4n) is 1.14. The fraction of sp³-hybridized carbons (Fsp3) is 0.833. The first-order valence-electron chi connectivity index (χ1n) is 5.36. The Morgan fingerprint density at radius 1 is 1.36 bits per heavy atom. The van der Waals surface area contributed by atoms with Gasteiger partial charge in [0.2, 0.25) is 0 Å². The maximum Gasteiger partial charge on any atom is 0.0598 e. The van der Waals surface area contributed by atoms with Crippen molar-refractivity contribution in [2.45, 2.75) is 52.6 Å². The Kier molecular flexibility index (Phi) is 6.85. The Morgan fingerprint density at radius 2 is 2.00 bits per heavy atom. The normalized spacial score (nSPS) is 13.4. The van der Waals surface area contributed by atoms with Crippen LogP contribution < -0.4 is 0 Å². The molecule has 2 nitrogen and oxygen atoms in total. The van der Waals surface area contributed by atoms with Gasteiger partial charge in [-0.3, -0.25) is 0 Å². The lowest BCUT2D eigenvalue weighted by atomic mass is 10.1. The molecule has 0 spiro atoms. The van der Waals surface area contributed by atoms with Gasteiger partial charge in [0.25, 0.3) is 0 Å². The van der Waals surface area contributed by atoms with Gasteiger partial charge in [0.05, 0.1) is 5.60 Å². The Bertz CT molecular complexity index is 166. The summed E-state index contributed by atoms with van der Waals surface area (Å²) in [6, 6.07) is 0. The second-order valence-electron chi connectivity index (χ2n) is 4.63. The van der Waals surface area contributed by atoms with E-state index < -0.39 is 0 Å². The third-order valence-electron chi connectivity index (χ3n) is 1.87. The number of hydrogen-bond acceptors (Lipinski definition) is 2. The van der Waals surface area contributed by atoms with Gasteiger partial charge in [-0.25, -0.2) is 0 Å². The molecule has 2 heteroatoms. The molecule has 0 aliphatic heterocycles. The molecule has 0 heterocycles. The number of aliphatic hydroxyl groups is 1. The average molecular weight is 200 g/mol. The molecule has 0 amide bonds. The van der Waals surface area contributed by atoms with Gasteiger partial charge >= 0.3 is 0 Å². The summed E-state index contributed by atoms with van der Waals surface area (Å²) >= 11 is 0. The lowest BCUT2D eigenvalue weighted by molar-refractivity contribution is -0.00384. The van der Waals surface area contributed by atoms with Crippen molar-refractivity contribution in [3.05, 3.63) is 11.6 Å². The summed E-state index contributed by atoms with van der Waals surface area (Å²) in [5.74, 6) is 0. The van der Waals surface area contributed by atoms with Crippen molar-refractivity contribution in [3.63, 3.8) is 0 Å². The van der Waals surface area contributed by atoms with Crippen LogP contribution >= 0.6 is 0 Å². The summed E-state index contributed by atoms with van der Waals surface area (Å²) in [4.78, 5) is 0. The van der Waals surface area contributed by atoms with Gasteiger partial charge in [0.15, 0.2) is 0 Å². The molecule has 0 saturated carbocycles. The average Bonchev–Trinajstić information content (AvgIpc) is 2.07. The maximum absolute atomic E-state index is 8.62. The van der Waals surface area contributed by atoms with Crippen LogP contribution in [-0.4, -0.2) is 23.9 Å². The van der Waals surface area contributed by atoms with Crippen molar-refractivity contribution in [3.8, 4) is 0 Å². The first kappa shape index (κ1) is 13.7. The second kappa shape index (κ2) is 7.02. The molecule has 0 aliphatic rings. The van der Waals surface area contributed by atoms with E-state index in [0.29, 0.717) is 0 Å². The molecule has 0 aromatic heterocycles. The van der Waals surface area contributed by atoms with Gasteiger partial charge in [-0.2, -0.15) is 0 Å². The number of rotatable bonds is 6. The van der Waals surface area contributed by atoms with Crippen LogP contribution in [0.4, 0.5) is 0 Å². The summed E-state index contributed by atoms with van der Waals surface area (Å²) in [5, 5.41) is 8.62. The Hall–Kier alpha value is -0.340. The van der Waals surface area contributed by atoms with Crippen LogP contribution in [0.1, 0.15) is 47.0 Å². The van der Waals surface area contributed by atoms with Crippen LogP contribution in [0.3, 0.4) is 0 Å². The van der Waals surface area contributed by atoms with Crippen LogP contribution in [0, 0.1) is 0 Å². The Morgan fingerprint density at radius 3 is 2.50 bits per heavy atom. The van der Waals surface area contributed by atoms with Crippen LogP contribution in [0.15, 0.2) is 11.6 Å². The molecule has 0 fully saturated rings. The molecule has 0 aromatic carbocycles. The van der Waals surface area contributed by atoms with Gasteiger partial charge in [-0.05, 0) is 47.0 Å². The minimum Gasteiger partial charge on any atom is -0.396 e. The Labute approximate surface area is 88.0 Å². The van der Waals surface area contributed by atoms with Crippen LogP contribution in [0.25, 0.3) is 0 Å². The zero-order chi connectivity index (χ0) is 11.0. The van der Waals surface area contributed by atoms with Gasteiger partial charge < -0.3 is 9.84 Å². The number of allylic oxidation sites excluding steroid dienone is 1. The van der Waals surface area contributed by atoms with E-state index in [0.717, 1.165) is 25.9 Å². The first-order chi connectivity index (χ1) is 6.45. The molecule has 0 radical (unpaired) electrons. The van der Waals surface area contributed by atoms with Crippen molar-refractivity contribution >= 4 is 0 Å². The van der Waals surface area contributed by atoms with Crippen molar-refractivity contribution in [2.75, 3.05) is 13.2 Å². The minimum atomic E-state index is -0.0251. The van der Waals surface area contributed by atoms with E-state index >= 15 is 0 Å². The molecular weight excluding hydrogens is 176 g/mol. The summed E-state index contributed by atoms with van der Waals surface area (Å²) in [7, 11) is 0.